The van der Waals surface area contributed by atoms with E-state index in [1.54, 1.807) is 0 Å². The predicted octanol–water partition coefficient (Wildman–Crippen LogP) is 2.96. The molecule has 0 N–H and O–H groups in total. The minimum Gasteiger partial charge on any atom is -0.261 e. The average molecular weight is 201 g/mol. The van der Waals surface area contributed by atoms with Gasteiger partial charge >= 0.3 is 0 Å². The van der Waals surface area contributed by atoms with Crippen LogP contribution < -0.4 is 0 Å². The smallest absolute Gasteiger partial charge is 0.0447 e. The minimum atomic E-state index is 0.870. The van der Waals surface area contributed by atoms with Gasteiger partial charge in [-0.15, -0.1) is 12.6 Å². The summed E-state index contributed by atoms with van der Waals surface area (Å²) < 4.78 is 0. The standard InChI is InChI=1S/C12H11NS/c14-12-6-3-4-10(9-12)8-11-5-1-2-7-13-11/h1-7,9,14H,8H2. The summed E-state index contributed by atoms with van der Waals surface area (Å²) in [6.45, 7) is 0. The third kappa shape index (κ3) is 2.36. The van der Waals surface area contributed by atoms with Crippen LogP contribution in [0.1, 0.15) is 11.3 Å². The molecule has 0 atom stereocenters. The van der Waals surface area contributed by atoms with Crippen molar-refractivity contribution in [2.24, 2.45) is 0 Å². The quantitative estimate of drug-likeness (QED) is 0.737. The Balaban J connectivity index is 2.19. The normalized spacial score (nSPS) is 10.1. The molecule has 0 aliphatic rings. The van der Waals surface area contributed by atoms with Crippen molar-refractivity contribution in [2.45, 2.75) is 11.3 Å². The molecule has 0 radical (unpaired) electrons. The van der Waals surface area contributed by atoms with Crippen molar-refractivity contribution < 1.29 is 0 Å². The van der Waals surface area contributed by atoms with Crippen LogP contribution in [0.4, 0.5) is 0 Å². The van der Waals surface area contributed by atoms with Crippen molar-refractivity contribution in [1.29, 1.82) is 0 Å². The molecule has 1 aromatic heterocycles. The largest absolute Gasteiger partial charge is 0.261 e. The molecule has 0 aliphatic heterocycles. The van der Waals surface area contributed by atoms with E-state index < -0.39 is 0 Å². The van der Waals surface area contributed by atoms with Gasteiger partial charge in [0.2, 0.25) is 0 Å². The number of benzene rings is 1. The third-order valence-electron chi connectivity index (χ3n) is 2.02. The number of nitrogens with zero attached hydrogens (tertiary/aromatic N) is 1. The van der Waals surface area contributed by atoms with Gasteiger partial charge in [-0.1, -0.05) is 18.2 Å². The first-order chi connectivity index (χ1) is 6.84. The maximum Gasteiger partial charge on any atom is 0.0447 e. The summed E-state index contributed by atoms with van der Waals surface area (Å²) in [5, 5.41) is 0. The van der Waals surface area contributed by atoms with E-state index in [0.717, 1.165) is 17.0 Å². The van der Waals surface area contributed by atoms with Crippen molar-refractivity contribution in [1.82, 2.24) is 4.98 Å². The molecule has 1 nitrogen and oxygen atoms in total. The van der Waals surface area contributed by atoms with Gasteiger partial charge in [0.05, 0.1) is 0 Å². The summed E-state index contributed by atoms with van der Waals surface area (Å²) in [5.41, 5.74) is 2.34. The molecular formula is C12H11NS. The number of pyridine rings is 1. The highest BCUT2D eigenvalue weighted by molar-refractivity contribution is 7.80. The number of thiol groups is 1. The highest BCUT2D eigenvalue weighted by Crippen LogP contribution is 2.11. The third-order valence-corrected chi connectivity index (χ3v) is 2.30. The first kappa shape index (κ1) is 9.28. The Kier molecular flexibility index (Phi) is 2.84. The van der Waals surface area contributed by atoms with Crippen LogP contribution in [0.3, 0.4) is 0 Å². The van der Waals surface area contributed by atoms with E-state index in [1.807, 2.05) is 36.5 Å². The molecule has 0 saturated carbocycles. The Morgan fingerprint density at radius 2 is 2.00 bits per heavy atom. The number of hydrogen-bond acceptors (Lipinski definition) is 2. The highest BCUT2D eigenvalue weighted by atomic mass is 32.1. The molecule has 70 valence electrons. The SMILES string of the molecule is Sc1cccc(Cc2ccccn2)c1. The van der Waals surface area contributed by atoms with Gasteiger partial charge in [-0.3, -0.25) is 4.98 Å². The number of hydrogen-bond donors (Lipinski definition) is 1. The van der Waals surface area contributed by atoms with Crippen molar-refractivity contribution in [3.8, 4) is 0 Å². The van der Waals surface area contributed by atoms with Crippen LogP contribution in [0.5, 0.6) is 0 Å². The van der Waals surface area contributed by atoms with E-state index in [4.69, 9.17) is 0 Å². The van der Waals surface area contributed by atoms with Gasteiger partial charge in [0.1, 0.15) is 0 Å². The lowest BCUT2D eigenvalue weighted by Gasteiger charge is -2.01. The number of aromatic nitrogens is 1. The van der Waals surface area contributed by atoms with Crippen LogP contribution in [-0.4, -0.2) is 4.98 Å². The van der Waals surface area contributed by atoms with E-state index in [-0.39, 0.29) is 0 Å². The molecule has 0 amide bonds. The van der Waals surface area contributed by atoms with Gasteiger partial charge in [-0.2, -0.15) is 0 Å². The monoisotopic (exact) mass is 201 g/mol. The molecule has 1 heterocycles. The maximum atomic E-state index is 4.30. The molecule has 14 heavy (non-hydrogen) atoms. The molecule has 2 aromatic rings. The number of rotatable bonds is 2. The van der Waals surface area contributed by atoms with Crippen LogP contribution in [0.15, 0.2) is 53.6 Å². The van der Waals surface area contributed by atoms with Crippen LogP contribution in [0, 0.1) is 0 Å². The Bertz CT molecular complexity index is 412. The van der Waals surface area contributed by atoms with Gasteiger partial charge in [0, 0.05) is 23.2 Å². The molecule has 2 rings (SSSR count). The predicted molar refractivity (Wildman–Crippen MR) is 60.7 cm³/mol. The molecule has 0 fully saturated rings. The first-order valence-electron chi connectivity index (χ1n) is 4.52. The zero-order chi connectivity index (χ0) is 9.80. The van der Waals surface area contributed by atoms with Gasteiger partial charge in [0.15, 0.2) is 0 Å². The van der Waals surface area contributed by atoms with Gasteiger partial charge < -0.3 is 0 Å². The first-order valence-corrected chi connectivity index (χ1v) is 4.97. The maximum absolute atomic E-state index is 4.30. The van der Waals surface area contributed by atoms with Crippen molar-refractivity contribution >= 4 is 12.6 Å². The second-order valence-electron chi connectivity index (χ2n) is 3.17. The Labute approximate surface area is 89.2 Å². The van der Waals surface area contributed by atoms with E-state index in [9.17, 15) is 0 Å². The van der Waals surface area contributed by atoms with Crippen molar-refractivity contribution in [3.05, 3.63) is 59.9 Å². The Hall–Kier alpha value is -1.28. The summed E-state index contributed by atoms with van der Waals surface area (Å²) in [6.07, 6.45) is 2.69. The molecule has 0 unspecified atom stereocenters. The van der Waals surface area contributed by atoms with Crippen LogP contribution in [0.25, 0.3) is 0 Å². The fourth-order valence-corrected chi connectivity index (χ4v) is 1.63. The summed E-state index contributed by atoms with van der Waals surface area (Å²) in [5.74, 6) is 0. The van der Waals surface area contributed by atoms with E-state index in [1.165, 1.54) is 5.56 Å². The van der Waals surface area contributed by atoms with Gasteiger partial charge in [-0.25, -0.2) is 0 Å². The fraction of sp³-hybridized carbons (Fsp3) is 0.0833. The minimum absolute atomic E-state index is 0.870. The molecule has 2 heteroatoms. The van der Waals surface area contributed by atoms with E-state index in [0.29, 0.717) is 0 Å². The Morgan fingerprint density at radius 3 is 2.71 bits per heavy atom. The van der Waals surface area contributed by atoms with Crippen LogP contribution in [0.2, 0.25) is 0 Å². The zero-order valence-electron chi connectivity index (χ0n) is 7.72. The summed E-state index contributed by atoms with van der Waals surface area (Å²) in [6, 6.07) is 14.1. The Morgan fingerprint density at radius 1 is 1.07 bits per heavy atom. The van der Waals surface area contributed by atoms with E-state index in [2.05, 4.69) is 29.7 Å². The lowest BCUT2D eigenvalue weighted by atomic mass is 10.1. The molecule has 0 bridgehead atoms. The molecule has 0 saturated heterocycles. The summed E-state index contributed by atoms with van der Waals surface area (Å²) in [4.78, 5) is 5.28. The van der Waals surface area contributed by atoms with Crippen LogP contribution in [-0.2, 0) is 6.42 Å². The van der Waals surface area contributed by atoms with Crippen molar-refractivity contribution in [3.63, 3.8) is 0 Å². The fourth-order valence-electron chi connectivity index (χ4n) is 1.38. The topological polar surface area (TPSA) is 12.9 Å². The zero-order valence-corrected chi connectivity index (χ0v) is 8.61. The molecule has 0 spiro atoms. The van der Waals surface area contributed by atoms with Crippen molar-refractivity contribution in [2.75, 3.05) is 0 Å². The van der Waals surface area contributed by atoms with Gasteiger partial charge in [-0.05, 0) is 29.8 Å². The van der Waals surface area contributed by atoms with Crippen LogP contribution >= 0.6 is 12.6 Å². The molecule has 0 aliphatic carbocycles. The molecule has 1 aromatic carbocycles. The second-order valence-corrected chi connectivity index (χ2v) is 3.68. The van der Waals surface area contributed by atoms with E-state index >= 15 is 0 Å². The summed E-state index contributed by atoms with van der Waals surface area (Å²) in [7, 11) is 0. The molecular weight excluding hydrogens is 190 g/mol. The second kappa shape index (κ2) is 4.29. The highest BCUT2D eigenvalue weighted by Gasteiger charge is 1.96. The van der Waals surface area contributed by atoms with Gasteiger partial charge in [0.25, 0.3) is 0 Å². The lowest BCUT2D eigenvalue weighted by molar-refractivity contribution is 1.07. The lowest BCUT2D eigenvalue weighted by Crippen LogP contribution is -1.90. The summed E-state index contributed by atoms with van der Waals surface area (Å²) >= 11 is 4.30. The average Bonchev–Trinajstić information content (AvgIpc) is 2.19.